The number of ether oxygens (including phenoxy) is 1. The van der Waals surface area contributed by atoms with Crippen molar-refractivity contribution in [2.45, 2.75) is 0 Å². The summed E-state index contributed by atoms with van der Waals surface area (Å²) >= 11 is 1.18. The first-order valence-electron chi connectivity index (χ1n) is 5.94. The van der Waals surface area contributed by atoms with E-state index in [0.717, 1.165) is 10.8 Å². The second-order valence-electron chi connectivity index (χ2n) is 4.43. The highest BCUT2D eigenvalue weighted by atomic mass is 32.1. The van der Waals surface area contributed by atoms with Crippen molar-refractivity contribution in [3.05, 3.63) is 39.5 Å². The number of hydrogen-bond acceptors (Lipinski definition) is 5. The van der Waals surface area contributed by atoms with E-state index in [1.54, 1.807) is 19.2 Å². The maximum atomic E-state index is 12.3. The van der Waals surface area contributed by atoms with E-state index in [2.05, 4.69) is 0 Å². The second-order valence-corrected chi connectivity index (χ2v) is 5.43. The van der Waals surface area contributed by atoms with Gasteiger partial charge in [0.05, 0.1) is 12.8 Å². The van der Waals surface area contributed by atoms with E-state index in [4.69, 9.17) is 10.5 Å². The van der Waals surface area contributed by atoms with Crippen LogP contribution in [0.4, 0.5) is 5.69 Å². The summed E-state index contributed by atoms with van der Waals surface area (Å²) in [5.74, 6) is -0.486. The van der Waals surface area contributed by atoms with E-state index in [1.807, 2.05) is 12.1 Å². The molecule has 5 nitrogen and oxygen atoms in total. The number of carbonyl (C=O) groups is 1. The lowest BCUT2D eigenvalue weighted by molar-refractivity contribution is 0.0607. The molecule has 0 aliphatic heterocycles. The highest BCUT2D eigenvalue weighted by molar-refractivity contribution is 7.21. The lowest BCUT2D eigenvalue weighted by Crippen LogP contribution is -2.16. The van der Waals surface area contributed by atoms with Crippen molar-refractivity contribution >= 4 is 44.0 Å². The summed E-state index contributed by atoms with van der Waals surface area (Å²) in [5, 5.41) is 2.08. The Morgan fingerprint density at radius 3 is 2.60 bits per heavy atom. The first-order chi connectivity index (χ1) is 9.56. The number of aryl methyl sites for hydroxylation is 1. The first kappa shape index (κ1) is 12.7. The van der Waals surface area contributed by atoms with Crippen LogP contribution >= 0.6 is 11.3 Å². The Kier molecular flexibility index (Phi) is 2.76. The van der Waals surface area contributed by atoms with Gasteiger partial charge in [-0.15, -0.1) is 11.3 Å². The van der Waals surface area contributed by atoms with E-state index in [-0.39, 0.29) is 5.56 Å². The minimum Gasteiger partial charge on any atom is -0.465 e. The lowest BCUT2D eigenvalue weighted by atomic mass is 10.1. The van der Waals surface area contributed by atoms with Crippen molar-refractivity contribution in [2.24, 2.45) is 7.05 Å². The zero-order chi connectivity index (χ0) is 14.4. The van der Waals surface area contributed by atoms with Crippen molar-refractivity contribution in [3.8, 4) is 0 Å². The molecule has 2 aromatic heterocycles. The third-order valence-electron chi connectivity index (χ3n) is 3.33. The molecule has 0 fully saturated rings. The third kappa shape index (κ3) is 1.55. The number of thiophene rings is 1. The standard InChI is InChI=1S/C14H12N2O3S/c1-16-12(17)8-6-4-3-5-7(8)9-10(15)11(14(18)19-2)20-13(9)16/h3-6H,15H2,1-2H3. The monoisotopic (exact) mass is 288 g/mol. The van der Waals surface area contributed by atoms with E-state index in [0.29, 0.717) is 20.8 Å². The number of fused-ring (bicyclic) bond motifs is 3. The topological polar surface area (TPSA) is 74.3 Å². The van der Waals surface area contributed by atoms with Gasteiger partial charge in [-0.3, -0.25) is 4.79 Å². The van der Waals surface area contributed by atoms with E-state index < -0.39 is 5.97 Å². The number of aromatic nitrogens is 1. The summed E-state index contributed by atoms with van der Waals surface area (Å²) < 4.78 is 6.25. The molecule has 0 atom stereocenters. The molecule has 20 heavy (non-hydrogen) atoms. The normalized spacial score (nSPS) is 11.1. The van der Waals surface area contributed by atoms with Crippen LogP contribution in [-0.2, 0) is 11.8 Å². The molecule has 0 spiro atoms. The van der Waals surface area contributed by atoms with Crippen LogP contribution in [0, 0.1) is 0 Å². The zero-order valence-corrected chi connectivity index (χ0v) is 11.8. The molecule has 2 heterocycles. The average Bonchev–Trinajstić information content (AvgIpc) is 2.82. The number of carbonyl (C=O) groups excluding carboxylic acids is 1. The molecule has 2 N–H and O–H groups in total. The van der Waals surface area contributed by atoms with Gasteiger partial charge in [-0.2, -0.15) is 0 Å². The number of hydrogen-bond donors (Lipinski definition) is 1. The molecular weight excluding hydrogens is 276 g/mol. The number of benzene rings is 1. The van der Waals surface area contributed by atoms with Gasteiger partial charge in [-0.25, -0.2) is 4.79 Å². The Morgan fingerprint density at radius 1 is 1.30 bits per heavy atom. The highest BCUT2D eigenvalue weighted by Crippen LogP contribution is 2.37. The molecule has 0 saturated heterocycles. The average molecular weight is 288 g/mol. The number of methoxy groups -OCH3 is 1. The number of nitrogen functional groups attached to an aromatic ring is 1. The number of nitrogens with zero attached hydrogens (tertiary/aromatic N) is 1. The molecule has 102 valence electrons. The molecule has 3 aromatic rings. The van der Waals surface area contributed by atoms with Gasteiger partial charge in [-0.1, -0.05) is 18.2 Å². The van der Waals surface area contributed by atoms with Crippen LogP contribution < -0.4 is 11.3 Å². The maximum Gasteiger partial charge on any atom is 0.350 e. The molecule has 0 aliphatic rings. The molecule has 0 aliphatic carbocycles. The number of rotatable bonds is 1. The van der Waals surface area contributed by atoms with Crippen molar-refractivity contribution in [1.29, 1.82) is 0 Å². The fourth-order valence-electron chi connectivity index (χ4n) is 2.33. The lowest BCUT2D eigenvalue weighted by Gasteiger charge is -2.05. The third-order valence-corrected chi connectivity index (χ3v) is 4.60. The summed E-state index contributed by atoms with van der Waals surface area (Å²) in [6.45, 7) is 0. The Balaban J connectivity index is 2.59. The SMILES string of the molecule is COC(=O)c1sc2c(c1N)c1ccccc1c(=O)n2C. The largest absolute Gasteiger partial charge is 0.465 e. The predicted octanol–water partition coefficient (Wildman–Crippen LogP) is 2.12. The smallest absolute Gasteiger partial charge is 0.350 e. The van der Waals surface area contributed by atoms with E-state index >= 15 is 0 Å². The second kappa shape index (κ2) is 4.35. The number of esters is 1. The Hall–Kier alpha value is -2.34. The quantitative estimate of drug-likeness (QED) is 0.696. The summed E-state index contributed by atoms with van der Waals surface area (Å²) in [6, 6.07) is 7.24. The van der Waals surface area contributed by atoms with Gasteiger partial charge in [-0.05, 0) is 11.5 Å². The predicted molar refractivity (Wildman–Crippen MR) is 80.3 cm³/mol. The molecular formula is C14H12N2O3S. The fraction of sp³-hybridized carbons (Fsp3) is 0.143. The molecule has 3 rings (SSSR count). The van der Waals surface area contributed by atoms with Gasteiger partial charge >= 0.3 is 5.97 Å². The molecule has 1 aromatic carbocycles. The summed E-state index contributed by atoms with van der Waals surface area (Å²) in [6.07, 6.45) is 0. The summed E-state index contributed by atoms with van der Waals surface area (Å²) in [4.78, 5) is 25.1. The van der Waals surface area contributed by atoms with Crippen LogP contribution in [0.15, 0.2) is 29.1 Å². The van der Waals surface area contributed by atoms with Gasteiger partial charge in [0.1, 0.15) is 9.71 Å². The molecule has 0 saturated carbocycles. The van der Waals surface area contributed by atoms with Crippen LogP contribution in [0.25, 0.3) is 21.0 Å². The highest BCUT2D eigenvalue weighted by Gasteiger charge is 2.21. The number of nitrogens with two attached hydrogens (primary N) is 1. The van der Waals surface area contributed by atoms with Crippen LogP contribution in [0.5, 0.6) is 0 Å². The van der Waals surface area contributed by atoms with E-state index in [9.17, 15) is 9.59 Å². The van der Waals surface area contributed by atoms with Crippen LogP contribution in [0.2, 0.25) is 0 Å². The van der Waals surface area contributed by atoms with Crippen molar-refractivity contribution in [2.75, 3.05) is 12.8 Å². The molecule has 0 unspecified atom stereocenters. The zero-order valence-electron chi connectivity index (χ0n) is 11.0. The van der Waals surface area contributed by atoms with Crippen LogP contribution in [-0.4, -0.2) is 17.6 Å². The first-order valence-corrected chi connectivity index (χ1v) is 6.76. The van der Waals surface area contributed by atoms with Gasteiger partial charge in [0.25, 0.3) is 5.56 Å². The Morgan fingerprint density at radius 2 is 1.95 bits per heavy atom. The molecule has 0 amide bonds. The van der Waals surface area contributed by atoms with E-state index in [1.165, 1.54) is 23.0 Å². The van der Waals surface area contributed by atoms with Crippen molar-refractivity contribution in [3.63, 3.8) is 0 Å². The maximum absolute atomic E-state index is 12.3. The molecule has 0 radical (unpaired) electrons. The Labute approximate surface area is 118 Å². The Bertz CT molecular complexity index is 908. The number of anilines is 1. The molecule has 0 bridgehead atoms. The van der Waals surface area contributed by atoms with Crippen molar-refractivity contribution < 1.29 is 9.53 Å². The van der Waals surface area contributed by atoms with Gasteiger partial charge in [0, 0.05) is 17.8 Å². The number of pyridine rings is 1. The summed E-state index contributed by atoms with van der Waals surface area (Å²) in [5.41, 5.74) is 6.35. The fourth-order valence-corrected chi connectivity index (χ4v) is 3.45. The van der Waals surface area contributed by atoms with Crippen molar-refractivity contribution in [1.82, 2.24) is 4.57 Å². The van der Waals surface area contributed by atoms with Gasteiger partial charge in [0.2, 0.25) is 0 Å². The van der Waals surface area contributed by atoms with Gasteiger partial charge < -0.3 is 15.0 Å². The van der Waals surface area contributed by atoms with Crippen LogP contribution in [0.3, 0.4) is 0 Å². The molecule has 6 heteroatoms. The minimum atomic E-state index is -0.486. The minimum absolute atomic E-state index is 0.106. The van der Waals surface area contributed by atoms with Gasteiger partial charge in [0.15, 0.2) is 0 Å². The van der Waals surface area contributed by atoms with Crippen LogP contribution in [0.1, 0.15) is 9.67 Å². The summed E-state index contributed by atoms with van der Waals surface area (Å²) in [7, 11) is 2.98.